The summed E-state index contributed by atoms with van der Waals surface area (Å²) in [5.41, 5.74) is 17.8. The molecule has 1 aromatic carbocycles. The Kier molecular flexibility index (Phi) is 5.44. The van der Waals surface area contributed by atoms with Crippen LogP contribution in [-0.4, -0.2) is 31.0 Å². The third-order valence-electron chi connectivity index (χ3n) is 4.65. The molecule has 0 unspecified atom stereocenters. The number of nitriles is 1. The number of nitrogens with two attached hydrogens (primary N) is 3. The Morgan fingerprint density at radius 3 is 2.66 bits per heavy atom. The minimum absolute atomic E-state index is 0.0224. The average molecular weight is 449 g/mol. The number of benzene rings is 1. The Balaban J connectivity index is 1.76. The fourth-order valence-electron chi connectivity index (χ4n) is 3.23. The van der Waals surface area contributed by atoms with Gasteiger partial charge in [0.25, 0.3) is 5.56 Å². The molecule has 0 fully saturated rings. The van der Waals surface area contributed by atoms with Crippen molar-refractivity contribution in [2.24, 2.45) is 0 Å². The van der Waals surface area contributed by atoms with E-state index in [-0.39, 0.29) is 41.7 Å². The van der Waals surface area contributed by atoms with Crippen molar-refractivity contribution in [1.82, 2.24) is 24.5 Å². The van der Waals surface area contributed by atoms with Crippen molar-refractivity contribution in [3.05, 3.63) is 63.3 Å². The molecular formula is C20H17ClN10O. The van der Waals surface area contributed by atoms with Crippen molar-refractivity contribution < 1.29 is 0 Å². The number of rotatable bonds is 5. The van der Waals surface area contributed by atoms with Gasteiger partial charge in [-0.05, 0) is 24.3 Å². The summed E-state index contributed by atoms with van der Waals surface area (Å²) in [6, 6.07) is 10.3. The molecule has 4 aromatic rings. The maximum absolute atomic E-state index is 13.3. The molecular weight excluding hydrogens is 432 g/mol. The lowest BCUT2D eigenvalue weighted by atomic mass is 10.2. The molecule has 3 aromatic heterocycles. The number of pyridine rings is 1. The predicted molar refractivity (Wildman–Crippen MR) is 122 cm³/mol. The Morgan fingerprint density at radius 1 is 1.12 bits per heavy atom. The van der Waals surface area contributed by atoms with Crippen molar-refractivity contribution in [2.45, 2.75) is 6.42 Å². The van der Waals surface area contributed by atoms with E-state index in [0.717, 1.165) is 0 Å². The van der Waals surface area contributed by atoms with Crippen LogP contribution in [0.5, 0.6) is 0 Å². The zero-order valence-electron chi connectivity index (χ0n) is 16.6. The van der Waals surface area contributed by atoms with Crippen molar-refractivity contribution >= 4 is 45.9 Å². The zero-order valence-corrected chi connectivity index (χ0v) is 17.3. The van der Waals surface area contributed by atoms with Gasteiger partial charge in [-0.1, -0.05) is 17.7 Å². The van der Waals surface area contributed by atoms with Gasteiger partial charge < -0.3 is 22.5 Å². The fraction of sp³-hybridized carbons (Fsp3) is 0.100. The number of nitrogens with zero attached hydrogens (tertiary/aromatic N) is 6. The fourth-order valence-corrected chi connectivity index (χ4v) is 3.48. The minimum Gasteiger partial charge on any atom is -0.384 e. The van der Waals surface area contributed by atoms with Gasteiger partial charge in [0.15, 0.2) is 5.82 Å². The molecule has 160 valence electrons. The van der Waals surface area contributed by atoms with Gasteiger partial charge in [-0.2, -0.15) is 15.2 Å². The molecule has 0 aliphatic carbocycles. The summed E-state index contributed by atoms with van der Waals surface area (Å²) in [4.78, 5) is 29.9. The van der Waals surface area contributed by atoms with Gasteiger partial charge in [0, 0.05) is 13.0 Å². The molecule has 0 bridgehead atoms. The van der Waals surface area contributed by atoms with E-state index >= 15 is 0 Å². The molecule has 0 amide bonds. The van der Waals surface area contributed by atoms with Crippen LogP contribution < -0.4 is 28.1 Å². The first-order valence-electron chi connectivity index (χ1n) is 9.38. The molecule has 7 N–H and O–H groups in total. The van der Waals surface area contributed by atoms with E-state index in [2.05, 4.69) is 25.3 Å². The van der Waals surface area contributed by atoms with Gasteiger partial charge in [-0.25, -0.2) is 9.97 Å². The average Bonchev–Trinajstić information content (AvgIpc) is 2.74. The number of halogens is 1. The van der Waals surface area contributed by atoms with Gasteiger partial charge in [0.2, 0.25) is 5.95 Å². The van der Waals surface area contributed by atoms with Crippen molar-refractivity contribution in [1.29, 1.82) is 5.26 Å². The minimum atomic E-state index is -0.338. The molecule has 0 atom stereocenters. The smallest absolute Gasteiger partial charge is 0.267 e. The van der Waals surface area contributed by atoms with E-state index in [9.17, 15) is 10.1 Å². The van der Waals surface area contributed by atoms with Gasteiger partial charge in [0.05, 0.1) is 27.8 Å². The second-order valence-electron chi connectivity index (χ2n) is 6.72. The number of anilines is 4. The first-order valence-corrected chi connectivity index (χ1v) is 9.76. The van der Waals surface area contributed by atoms with Crippen molar-refractivity contribution in [3.8, 4) is 11.8 Å². The summed E-state index contributed by atoms with van der Waals surface area (Å²) in [5, 5.41) is 12.9. The standard InChI is InChI=1S/C20H17ClN10O/c21-12-2-1-3-13-16(12)19(32)31(10-4-5-14(23)27-9-10)15(28-13)6-7-26-18-11(8-22)17(24)29-20(25)30-18/h1-5,9H,6-7H2,(H2,23,27)(H5,24,25,26,29,30). The molecule has 0 aliphatic heterocycles. The van der Waals surface area contributed by atoms with Gasteiger partial charge in [-0.15, -0.1) is 0 Å². The number of hydrogen-bond donors (Lipinski definition) is 4. The van der Waals surface area contributed by atoms with Crippen LogP contribution in [0.2, 0.25) is 5.02 Å². The number of aromatic nitrogens is 5. The highest BCUT2D eigenvalue weighted by molar-refractivity contribution is 6.35. The maximum atomic E-state index is 13.3. The number of nitrogen functional groups attached to an aromatic ring is 3. The Hall–Kier alpha value is -4.43. The summed E-state index contributed by atoms with van der Waals surface area (Å²) in [5.74, 6) is 0.875. The van der Waals surface area contributed by atoms with E-state index in [4.69, 9.17) is 28.8 Å². The van der Waals surface area contributed by atoms with Crippen LogP contribution in [-0.2, 0) is 6.42 Å². The normalized spacial score (nSPS) is 10.8. The Labute approximate surface area is 186 Å². The van der Waals surface area contributed by atoms with E-state index in [1.807, 2.05) is 6.07 Å². The van der Waals surface area contributed by atoms with E-state index in [0.29, 0.717) is 33.3 Å². The van der Waals surface area contributed by atoms with Crippen LogP contribution in [0.4, 0.5) is 23.4 Å². The summed E-state index contributed by atoms with van der Waals surface area (Å²) in [6.45, 7) is 0.269. The number of nitrogens with one attached hydrogen (secondary N) is 1. The van der Waals surface area contributed by atoms with E-state index in [1.165, 1.54) is 10.8 Å². The van der Waals surface area contributed by atoms with E-state index in [1.54, 1.807) is 30.3 Å². The van der Waals surface area contributed by atoms with Crippen molar-refractivity contribution in [3.63, 3.8) is 0 Å². The molecule has 0 saturated carbocycles. The van der Waals surface area contributed by atoms with Crippen LogP contribution in [0.3, 0.4) is 0 Å². The van der Waals surface area contributed by atoms with Crippen LogP contribution in [0.15, 0.2) is 41.3 Å². The van der Waals surface area contributed by atoms with E-state index < -0.39 is 0 Å². The van der Waals surface area contributed by atoms with Crippen LogP contribution in [0, 0.1) is 11.3 Å². The molecule has 0 spiro atoms. The highest BCUT2D eigenvalue weighted by Crippen LogP contribution is 2.21. The molecule has 12 heteroatoms. The summed E-state index contributed by atoms with van der Waals surface area (Å²) < 4.78 is 1.43. The highest BCUT2D eigenvalue weighted by Gasteiger charge is 2.16. The van der Waals surface area contributed by atoms with Gasteiger partial charge >= 0.3 is 0 Å². The van der Waals surface area contributed by atoms with Gasteiger partial charge in [-0.3, -0.25) is 9.36 Å². The Morgan fingerprint density at radius 2 is 1.94 bits per heavy atom. The zero-order chi connectivity index (χ0) is 22.8. The quantitative estimate of drug-likeness (QED) is 0.348. The van der Waals surface area contributed by atoms with Crippen LogP contribution in [0.25, 0.3) is 16.6 Å². The second kappa shape index (κ2) is 8.37. The monoisotopic (exact) mass is 448 g/mol. The lowest BCUT2D eigenvalue weighted by Crippen LogP contribution is -2.26. The highest BCUT2D eigenvalue weighted by atomic mass is 35.5. The third kappa shape index (κ3) is 3.82. The summed E-state index contributed by atoms with van der Waals surface area (Å²) in [7, 11) is 0. The van der Waals surface area contributed by atoms with Crippen LogP contribution >= 0.6 is 11.6 Å². The summed E-state index contributed by atoms with van der Waals surface area (Å²) in [6.07, 6.45) is 1.77. The molecule has 0 saturated heterocycles. The number of fused-ring (bicyclic) bond motifs is 1. The van der Waals surface area contributed by atoms with Gasteiger partial charge in [0.1, 0.15) is 29.1 Å². The molecule has 0 radical (unpaired) electrons. The molecule has 0 aliphatic rings. The topological polar surface area (TPSA) is 187 Å². The SMILES string of the molecule is N#Cc1c(N)nc(N)nc1NCCc1nc2cccc(Cl)c2c(=O)n1-c1ccc(N)nc1. The molecule has 11 nitrogen and oxygen atoms in total. The first kappa shape index (κ1) is 20.8. The molecule has 32 heavy (non-hydrogen) atoms. The van der Waals surface area contributed by atoms with Crippen LogP contribution in [0.1, 0.15) is 11.4 Å². The lowest BCUT2D eigenvalue weighted by molar-refractivity contribution is 0.806. The first-order chi connectivity index (χ1) is 15.4. The molecule has 4 rings (SSSR count). The molecule has 3 heterocycles. The lowest BCUT2D eigenvalue weighted by Gasteiger charge is -2.15. The maximum Gasteiger partial charge on any atom is 0.267 e. The number of hydrogen-bond acceptors (Lipinski definition) is 10. The largest absolute Gasteiger partial charge is 0.384 e. The van der Waals surface area contributed by atoms with Crippen molar-refractivity contribution in [2.75, 3.05) is 29.1 Å². The second-order valence-corrected chi connectivity index (χ2v) is 7.13. The third-order valence-corrected chi connectivity index (χ3v) is 4.97. The Bertz CT molecular complexity index is 1430. The predicted octanol–water partition coefficient (Wildman–Crippen LogP) is 1.50. The summed E-state index contributed by atoms with van der Waals surface area (Å²) >= 11 is 6.28.